The van der Waals surface area contributed by atoms with E-state index in [0.717, 1.165) is 0 Å². The predicted molar refractivity (Wildman–Crippen MR) is 60.3 cm³/mol. The molecule has 94 valence electrons. The molecule has 18 heavy (non-hydrogen) atoms. The smallest absolute Gasteiger partial charge is 0.358 e. The monoisotopic (exact) mass is 250 g/mol. The molecule has 2 heterocycles. The van der Waals surface area contributed by atoms with E-state index in [2.05, 4.69) is 25.6 Å². The molecule has 9 heteroatoms. The van der Waals surface area contributed by atoms with Gasteiger partial charge in [0, 0.05) is 12.6 Å². The molecule has 0 spiro atoms. The lowest BCUT2D eigenvalue weighted by atomic mass is 10.5. The maximum atomic E-state index is 11.0. The highest BCUT2D eigenvalue weighted by Crippen LogP contribution is 1.96. The SMILES string of the molecule is O=C(O)c1cn(CCNc2cc(=O)[nH]cn2)nn1. The molecule has 0 aliphatic rings. The first-order valence-electron chi connectivity index (χ1n) is 5.07. The van der Waals surface area contributed by atoms with Gasteiger partial charge in [0.1, 0.15) is 5.82 Å². The minimum absolute atomic E-state index is 0.107. The summed E-state index contributed by atoms with van der Waals surface area (Å²) in [7, 11) is 0. The van der Waals surface area contributed by atoms with Crippen molar-refractivity contribution >= 4 is 11.8 Å². The topological polar surface area (TPSA) is 126 Å². The fourth-order valence-corrected chi connectivity index (χ4v) is 1.27. The fourth-order valence-electron chi connectivity index (χ4n) is 1.27. The number of rotatable bonds is 5. The summed E-state index contributed by atoms with van der Waals surface area (Å²) in [5, 5.41) is 18.7. The van der Waals surface area contributed by atoms with Crippen molar-refractivity contribution in [1.82, 2.24) is 25.0 Å². The van der Waals surface area contributed by atoms with E-state index >= 15 is 0 Å². The summed E-state index contributed by atoms with van der Waals surface area (Å²) in [5.41, 5.74) is -0.356. The third-order valence-electron chi connectivity index (χ3n) is 2.08. The van der Waals surface area contributed by atoms with Gasteiger partial charge in [-0.2, -0.15) is 0 Å². The Morgan fingerprint density at radius 2 is 2.39 bits per heavy atom. The highest BCUT2D eigenvalue weighted by molar-refractivity contribution is 5.84. The number of aromatic nitrogens is 5. The van der Waals surface area contributed by atoms with Crippen LogP contribution in [0.25, 0.3) is 0 Å². The second kappa shape index (κ2) is 5.08. The lowest BCUT2D eigenvalue weighted by Crippen LogP contribution is -2.14. The van der Waals surface area contributed by atoms with E-state index in [1.54, 1.807) is 0 Å². The van der Waals surface area contributed by atoms with Crippen molar-refractivity contribution in [3.05, 3.63) is 34.6 Å². The largest absolute Gasteiger partial charge is 0.476 e. The first kappa shape index (κ1) is 11.8. The number of aromatic carboxylic acids is 1. The van der Waals surface area contributed by atoms with Gasteiger partial charge in [0.2, 0.25) is 0 Å². The summed E-state index contributed by atoms with van der Waals surface area (Å²) in [6.07, 6.45) is 2.62. The summed E-state index contributed by atoms with van der Waals surface area (Å²) in [6.45, 7) is 0.855. The van der Waals surface area contributed by atoms with Crippen molar-refractivity contribution in [1.29, 1.82) is 0 Å². The molecule has 3 N–H and O–H groups in total. The number of carbonyl (C=O) groups is 1. The maximum Gasteiger partial charge on any atom is 0.358 e. The molecule has 0 radical (unpaired) electrons. The molecule has 0 saturated heterocycles. The van der Waals surface area contributed by atoms with E-state index in [1.165, 1.54) is 23.3 Å². The lowest BCUT2D eigenvalue weighted by Gasteiger charge is -2.03. The Kier molecular flexibility index (Phi) is 3.32. The Bertz CT molecular complexity index is 604. The van der Waals surface area contributed by atoms with Crippen molar-refractivity contribution in [2.75, 3.05) is 11.9 Å². The van der Waals surface area contributed by atoms with Gasteiger partial charge in [-0.25, -0.2) is 14.5 Å². The zero-order valence-electron chi connectivity index (χ0n) is 9.20. The number of hydrogen-bond acceptors (Lipinski definition) is 6. The number of nitrogens with one attached hydrogen (secondary N) is 2. The van der Waals surface area contributed by atoms with Gasteiger partial charge in [-0.15, -0.1) is 5.10 Å². The summed E-state index contributed by atoms with van der Waals surface area (Å²) >= 11 is 0. The number of aromatic amines is 1. The molecule has 0 fully saturated rings. The Labute approximate surface area is 100 Å². The highest BCUT2D eigenvalue weighted by atomic mass is 16.4. The van der Waals surface area contributed by atoms with Crippen molar-refractivity contribution < 1.29 is 9.90 Å². The third-order valence-corrected chi connectivity index (χ3v) is 2.08. The van der Waals surface area contributed by atoms with E-state index in [4.69, 9.17) is 5.11 Å². The number of H-pyrrole nitrogens is 1. The molecular weight excluding hydrogens is 240 g/mol. The number of anilines is 1. The van der Waals surface area contributed by atoms with Crippen LogP contribution in [0.15, 0.2) is 23.4 Å². The molecule has 0 aliphatic heterocycles. The lowest BCUT2D eigenvalue weighted by molar-refractivity contribution is 0.0690. The van der Waals surface area contributed by atoms with E-state index < -0.39 is 5.97 Å². The highest BCUT2D eigenvalue weighted by Gasteiger charge is 2.07. The van der Waals surface area contributed by atoms with Gasteiger partial charge in [-0.3, -0.25) is 4.79 Å². The van der Waals surface area contributed by atoms with Crippen LogP contribution in [0.5, 0.6) is 0 Å². The van der Waals surface area contributed by atoms with Crippen molar-refractivity contribution in [2.45, 2.75) is 6.54 Å². The summed E-state index contributed by atoms with van der Waals surface area (Å²) < 4.78 is 1.39. The van der Waals surface area contributed by atoms with Crippen LogP contribution in [0.1, 0.15) is 10.5 Å². The predicted octanol–water partition coefficient (Wildman–Crippen LogP) is -0.828. The van der Waals surface area contributed by atoms with Gasteiger partial charge in [0.25, 0.3) is 5.56 Å². The van der Waals surface area contributed by atoms with Crippen LogP contribution in [-0.2, 0) is 6.54 Å². The van der Waals surface area contributed by atoms with Crippen LogP contribution in [0.3, 0.4) is 0 Å². The Hall–Kier alpha value is -2.71. The quantitative estimate of drug-likeness (QED) is 0.632. The molecule has 0 atom stereocenters. The molecular formula is C9H10N6O3. The Morgan fingerprint density at radius 1 is 1.56 bits per heavy atom. The molecule has 0 unspecified atom stereocenters. The van der Waals surface area contributed by atoms with Crippen molar-refractivity contribution in [3.8, 4) is 0 Å². The summed E-state index contributed by atoms with van der Waals surface area (Å²) in [6, 6.07) is 1.32. The standard InChI is InChI=1S/C9H10N6O3/c16-8-3-7(11-5-12-8)10-1-2-15-4-6(9(17)18)13-14-15/h3-5H,1-2H2,(H,17,18)(H2,10,11,12,16). The van der Waals surface area contributed by atoms with E-state index in [1.807, 2.05) is 0 Å². The summed E-state index contributed by atoms with van der Waals surface area (Å²) in [5.74, 6) is -0.678. The van der Waals surface area contributed by atoms with Crippen molar-refractivity contribution in [2.24, 2.45) is 0 Å². The number of nitrogens with zero attached hydrogens (tertiary/aromatic N) is 4. The number of carboxylic acids is 1. The second-order valence-electron chi connectivity index (χ2n) is 3.40. The van der Waals surface area contributed by atoms with Gasteiger partial charge in [-0.05, 0) is 0 Å². The van der Waals surface area contributed by atoms with E-state index in [-0.39, 0.29) is 11.3 Å². The zero-order chi connectivity index (χ0) is 13.0. The molecule has 2 aromatic heterocycles. The van der Waals surface area contributed by atoms with Crippen LogP contribution in [0.2, 0.25) is 0 Å². The van der Waals surface area contributed by atoms with E-state index in [9.17, 15) is 9.59 Å². The minimum Gasteiger partial charge on any atom is -0.476 e. The molecule has 0 bridgehead atoms. The van der Waals surface area contributed by atoms with Crippen molar-refractivity contribution in [3.63, 3.8) is 0 Å². The Balaban J connectivity index is 1.88. The zero-order valence-corrected chi connectivity index (χ0v) is 9.20. The van der Waals surface area contributed by atoms with Gasteiger partial charge >= 0.3 is 5.97 Å². The minimum atomic E-state index is -1.12. The van der Waals surface area contributed by atoms with E-state index in [0.29, 0.717) is 18.9 Å². The fraction of sp³-hybridized carbons (Fsp3) is 0.222. The van der Waals surface area contributed by atoms with Crippen LogP contribution >= 0.6 is 0 Å². The van der Waals surface area contributed by atoms with Gasteiger partial charge < -0.3 is 15.4 Å². The molecule has 0 amide bonds. The average Bonchev–Trinajstić information content (AvgIpc) is 2.78. The second-order valence-corrected chi connectivity index (χ2v) is 3.40. The normalized spacial score (nSPS) is 10.2. The van der Waals surface area contributed by atoms with Gasteiger partial charge in [0.15, 0.2) is 5.69 Å². The Morgan fingerprint density at radius 3 is 3.06 bits per heavy atom. The molecule has 9 nitrogen and oxygen atoms in total. The van der Waals surface area contributed by atoms with Crippen LogP contribution in [0, 0.1) is 0 Å². The van der Waals surface area contributed by atoms with Crippen LogP contribution < -0.4 is 10.9 Å². The van der Waals surface area contributed by atoms with Crippen LogP contribution in [0.4, 0.5) is 5.82 Å². The molecule has 0 saturated carbocycles. The first-order chi connectivity index (χ1) is 8.65. The molecule has 0 aromatic carbocycles. The molecule has 2 rings (SSSR count). The maximum absolute atomic E-state index is 11.0. The summed E-state index contributed by atoms with van der Waals surface area (Å²) in [4.78, 5) is 27.8. The number of carboxylic acid groups (broad SMARTS) is 1. The van der Waals surface area contributed by atoms with Crippen LogP contribution in [-0.4, -0.2) is 42.6 Å². The molecule has 2 aromatic rings. The molecule has 0 aliphatic carbocycles. The third kappa shape index (κ3) is 2.90. The van der Waals surface area contributed by atoms with Gasteiger partial charge in [0.05, 0.1) is 19.1 Å². The first-order valence-corrected chi connectivity index (χ1v) is 5.07. The van der Waals surface area contributed by atoms with Gasteiger partial charge in [-0.1, -0.05) is 5.21 Å². The average molecular weight is 250 g/mol. The number of hydrogen-bond donors (Lipinski definition) is 3.